The minimum Gasteiger partial charge on any atom is -0.267 e. The lowest BCUT2D eigenvalue weighted by Gasteiger charge is -2.12. The Kier molecular flexibility index (Phi) is 5.03. The summed E-state index contributed by atoms with van der Waals surface area (Å²) in [4.78, 5) is 12.4. The average Bonchev–Trinajstić information content (AvgIpc) is 2.70. The van der Waals surface area contributed by atoms with Crippen LogP contribution < -0.4 is 5.43 Å². The summed E-state index contributed by atoms with van der Waals surface area (Å²) in [6, 6.07) is 21.1. The first-order valence-electron chi connectivity index (χ1n) is 8.75. The number of carbonyl (C=O) groups excluding carboxylic acids is 1. The van der Waals surface area contributed by atoms with Gasteiger partial charge in [0, 0.05) is 10.6 Å². The molecule has 138 valence electrons. The molecule has 0 aliphatic rings. The van der Waals surface area contributed by atoms with Crippen LogP contribution in [-0.2, 0) is 0 Å². The van der Waals surface area contributed by atoms with E-state index in [0.717, 1.165) is 27.1 Å². The first-order valence-corrected chi connectivity index (χ1v) is 9.50. The van der Waals surface area contributed by atoms with Crippen LogP contribution in [0.2, 0.25) is 10.0 Å². The van der Waals surface area contributed by atoms with Crippen LogP contribution in [0.15, 0.2) is 71.8 Å². The normalized spacial score (nSPS) is 11.4. The number of benzene rings is 4. The number of aryl methyl sites for hydroxylation is 1. The van der Waals surface area contributed by atoms with Gasteiger partial charge in [-0.1, -0.05) is 71.7 Å². The van der Waals surface area contributed by atoms with Crippen LogP contribution >= 0.6 is 23.2 Å². The van der Waals surface area contributed by atoms with Gasteiger partial charge in [-0.2, -0.15) is 5.10 Å². The third-order valence-corrected chi connectivity index (χ3v) is 5.33. The molecule has 1 amide bonds. The second-order valence-corrected chi connectivity index (χ2v) is 7.30. The lowest BCUT2D eigenvalue weighted by Crippen LogP contribution is -2.18. The Morgan fingerprint density at radius 2 is 1.46 bits per heavy atom. The highest BCUT2D eigenvalue weighted by Crippen LogP contribution is 2.31. The van der Waals surface area contributed by atoms with E-state index >= 15 is 0 Å². The zero-order chi connectivity index (χ0) is 19.7. The molecule has 0 fully saturated rings. The van der Waals surface area contributed by atoms with Crippen molar-refractivity contribution >= 4 is 56.9 Å². The van der Waals surface area contributed by atoms with Crippen LogP contribution in [0.5, 0.6) is 0 Å². The van der Waals surface area contributed by atoms with Crippen molar-refractivity contribution in [2.24, 2.45) is 5.10 Å². The monoisotopic (exact) mass is 406 g/mol. The largest absolute Gasteiger partial charge is 0.272 e. The molecule has 4 aromatic rings. The van der Waals surface area contributed by atoms with Crippen molar-refractivity contribution in [1.29, 1.82) is 0 Å². The molecule has 28 heavy (non-hydrogen) atoms. The Hall–Kier alpha value is -2.88. The Morgan fingerprint density at radius 1 is 0.893 bits per heavy atom. The van der Waals surface area contributed by atoms with E-state index < -0.39 is 5.91 Å². The van der Waals surface area contributed by atoms with Crippen LogP contribution in [0.4, 0.5) is 0 Å². The van der Waals surface area contributed by atoms with Crippen LogP contribution in [0.3, 0.4) is 0 Å². The maximum absolute atomic E-state index is 12.4. The van der Waals surface area contributed by atoms with E-state index in [1.807, 2.05) is 24.3 Å². The zero-order valence-electron chi connectivity index (χ0n) is 15.0. The Balaban J connectivity index is 1.74. The van der Waals surface area contributed by atoms with Gasteiger partial charge in [0.25, 0.3) is 5.91 Å². The summed E-state index contributed by atoms with van der Waals surface area (Å²) in [5.41, 5.74) is 5.06. The third kappa shape index (κ3) is 3.35. The molecule has 0 saturated heterocycles. The van der Waals surface area contributed by atoms with Crippen LogP contribution in [0, 0.1) is 6.92 Å². The maximum Gasteiger partial charge on any atom is 0.272 e. The van der Waals surface area contributed by atoms with Gasteiger partial charge in [0.2, 0.25) is 0 Å². The first-order chi connectivity index (χ1) is 13.6. The Labute approximate surface area is 172 Å². The van der Waals surface area contributed by atoms with Gasteiger partial charge in [0.15, 0.2) is 0 Å². The number of halogens is 2. The number of hydrogen-bond acceptors (Lipinski definition) is 2. The van der Waals surface area contributed by atoms with Crippen molar-refractivity contribution in [3.05, 3.63) is 93.5 Å². The number of nitrogens with one attached hydrogen (secondary N) is 1. The average molecular weight is 407 g/mol. The van der Waals surface area contributed by atoms with Gasteiger partial charge in [-0.05, 0) is 52.2 Å². The highest BCUT2D eigenvalue weighted by molar-refractivity contribution is 6.36. The molecule has 0 saturated carbocycles. The molecule has 4 rings (SSSR count). The minimum absolute atomic E-state index is 0.284. The minimum atomic E-state index is -0.390. The second-order valence-electron chi connectivity index (χ2n) is 6.45. The molecule has 0 unspecified atom stereocenters. The molecule has 0 spiro atoms. The van der Waals surface area contributed by atoms with Gasteiger partial charge in [-0.3, -0.25) is 4.79 Å². The molecule has 4 aromatic carbocycles. The molecule has 0 bridgehead atoms. The summed E-state index contributed by atoms with van der Waals surface area (Å²) in [6.45, 7) is 2.12. The summed E-state index contributed by atoms with van der Waals surface area (Å²) in [6.07, 6.45) is 1.69. The van der Waals surface area contributed by atoms with Gasteiger partial charge >= 0.3 is 0 Å². The smallest absolute Gasteiger partial charge is 0.267 e. The molecule has 0 radical (unpaired) electrons. The molecule has 1 N–H and O–H groups in total. The predicted octanol–water partition coefficient (Wildman–Crippen LogP) is 6.37. The van der Waals surface area contributed by atoms with Crippen LogP contribution in [-0.4, -0.2) is 12.1 Å². The molecule has 0 heterocycles. The van der Waals surface area contributed by atoms with Gasteiger partial charge in [-0.25, -0.2) is 5.43 Å². The van der Waals surface area contributed by atoms with E-state index in [-0.39, 0.29) is 5.02 Å². The van der Waals surface area contributed by atoms with Crippen molar-refractivity contribution < 1.29 is 4.79 Å². The number of hydrogen-bond donors (Lipinski definition) is 1. The van der Waals surface area contributed by atoms with Gasteiger partial charge in [0.05, 0.1) is 16.8 Å². The molecule has 0 aliphatic carbocycles. The Bertz CT molecular complexity index is 1190. The number of rotatable bonds is 3. The van der Waals surface area contributed by atoms with E-state index in [4.69, 9.17) is 23.2 Å². The predicted molar refractivity (Wildman–Crippen MR) is 118 cm³/mol. The summed E-state index contributed by atoms with van der Waals surface area (Å²) in [7, 11) is 0. The van der Waals surface area contributed by atoms with Crippen molar-refractivity contribution in [3.63, 3.8) is 0 Å². The fourth-order valence-electron chi connectivity index (χ4n) is 3.41. The van der Waals surface area contributed by atoms with E-state index in [1.54, 1.807) is 18.3 Å². The lowest BCUT2D eigenvalue weighted by molar-refractivity contribution is 0.0955. The molecule has 0 aliphatic heterocycles. The van der Waals surface area contributed by atoms with E-state index in [9.17, 15) is 4.79 Å². The van der Waals surface area contributed by atoms with Gasteiger partial charge in [0.1, 0.15) is 0 Å². The number of nitrogens with zero attached hydrogens (tertiary/aromatic N) is 1. The highest BCUT2D eigenvalue weighted by Gasteiger charge is 2.11. The van der Waals surface area contributed by atoms with Crippen molar-refractivity contribution in [3.8, 4) is 0 Å². The van der Waals surface area contributed by atoms with Gasteiger partial charge < -0.3 is 0 Å². The quantitative estimate of drug-likeness (QED) is 0.239. The van der Waals surface area contributed by atoms with E-state index in [2.05, 4.69) is 41.7 Å². The summed E-state index contributed by atoms with van der Waals surface area (Å²) in [5, 5.41) is 9.45. The zero-order valence-corrected chi connectivity index (χ0v) is 16.6. The fraction of sp³-hybridized carbons (Fsp3) is 0.0435. The second kappa shape index (κ2) is 7.63. The SMILES string of the molecule is Cc1c2ccccc2c(/C=N/NC(=O)c2ccc(Cl)cc2Cl)c2ccccc12. The topological polar surface area (TPSA) is 41.5 Å². The maximum atomic E-state index is 12.4. The number of carbonyl (C=O) groups is 1. The van der Waals surface area contributed by atoms with Crippen LogP contribution in [0.25, 0.3) is 21.5 Å². The number of fused-ring (bicyclic) bond motifs is 2. The van der Waals surface area contributed by atoms with E-state index in [1.165, 1.54) is 11.6 Å². The van der Waals surface area contributed by atoms with E-state index in [0.29, 0.717) is 10.6 Å². The van der Waals surface area contributed by atoms with Crippen LogP contribution in [0.1, 0.15) is 21.5 Å². The van der Waals surface area contributed by atoms with Crippen molar-refractivity contribution in [1.82, 2.24) is 5.43 Å². The fourth-order valence-corrected chi connectivity index (χ4v) is 3.90. The summed E-state index contributed by atoms with van der Waals surface area (Å²) >= 11 is 12.0. The summed E-state index contributed by atoms with van der Waals surface area (Å²) in [5.74, 6) is -0.390. The molecular weight excluding hydrogens is 391 g/mol. The van der Waals surface area contributed by atoms with Crippen molar-refractivity contribution in [2.75, 3.05) is 0 Å². The molecule has 5 heteroatoms. The van der Waals surface area contributed by atoms with Crippen molar-refractivity contribution in [2.45, 2.75) is 6.92 Å². The highest BCUT2D eigenvalue weighted by atomic mass is 35.5. The Morgan fingerprint density at radius 3 is 2.04 bits per heavy atom. The summed E-state index contributed by atoms with van der Waals surface area (Å²) < 4.78 is 0. The molecular formula is C23H16Cl2N2O. The first kappa shape index (κ1) is 18.5. The van der Waals surface area contributed by atoms with Gasteiger partial charge in [-0.15, -0.1) is 0 Å². The molecule has 3 nitrogen and oxygen atoms in total. The molecule has 0 aromatic heterocycles. The molecule has 0 atom stereocenters. The lowest BCUT2D eigenvalue weighted by atomic mass is 9.93. The third-order valence-electron chi connectivity index (χ3n) is 4.78. The number of hydrazone groups is 1. The number of amides is 1. The standard InChI is InChI=1S/C23H16Cl2N2O/c1-14-16-6-2-4-8-18(16)21(19-9-5-3-7-17(14)19)13-26-27-23(28)20-11-10-15(24)12-22(20)25/h2-13H,1H3,(H,27,28)/b26-13+.